The summed E-state index contributed by atoms with van der Waals surface area (Å²) in [6, 6.07) is 16.5. The number of aryl methyl sites for hydroxylation is 2. The first-order valence-electron chi connectivity index (χ1n) is 8.48. The van der Waals surface area contributed by atoms with Gasteiger partial charge in [0.1, 0.15) is 29.9 Å². The van der Waals surface area contributed by atoms with Crippen LogP contribution in [0.25, 0.3) is 20.4 Å². The normalized spacial score (nSPS) is 10.2. The Labute approximate surface area is 181 Å². The summed E-state index contributed by atoms with van der Waals surface area (Å²) < 4.78 is 18.3. The van der Waals surface area contributed by atoms with Gasteiger partial charge in [0, 0.05) is 35.3 Å². The Balaban J connectivity index is 0.000000169. The average molecular weight is 459 g/mol. The highest BCUT2D eigenvalue weighted by Gasteiger charge is 2.16. The van der Waals surface area contributed by atoms with Gasteiger partial charge < -0.3 is 14.4 Å². The maximum absolute atomic E-state index is 9.89. The van der Waals surface area contributed by atoms with Crippen LogP contribution in [0.3, 0.4) is 0 Å². The highest BCUT2D eigenvalue weighted by Crippen LogP contribution is 2.24. The standard InChI is InChI=1S/2C9H9ClNS.BFO2/c2*1-2-11-7-5-3-4-6-8(7)12-9(11)10;2-1(3)4/h2*3-6H,2H2,1H3;/q2*+1;-2. The molecule has 0 unspecified atom stereocenters. The molecule has 2 heterocycles. The van der Waals surface area contributed by atoms with Crippen molar-refractivity contribution in [2.75, 3.05) is 0 Å². The Kier molecular flexibility index (Phi) is 9.07. The Morgan fingerprint density at radius 3 is 1.46 bits per heavy atom. The molecule has 0 bridgehead atoms. The second-order valence-corrected chi connectivity index (χ2v) is 8.63. The molecule has 0 aliphatic carbocycles. The maximum Gasteiger partial charge on any atom is 0.334 e. The van der Waals surface area contributed by atoms with Gasteiger partial charge in [-0.05, 0) is 48.7 Å². The number of hydrogen-bond acceptors (Lipinski definition) is 4. The second-order valence-electron chi connectivity index (χ2n) is 5.41. The zero-order valence-electron chi connectivity index (χ0n) is 15.3. The van der Waals surface area contributed by atoms with Crippen LogP contribution >= 0.6 is 45.9 Å². The molecule has 10 heteroatoms. The number of aromatic nitrogens is 2. The molecule has 2 aromatic heterocycles. The molecule has 0 N–H and O–H groups in total. The number of fused-ring (bicyclic) bond motifs is 2. The van der Waals surface area contributed by atoms with Crippen LogP contribution in [0.1, 0.15) is 13.8 Å². The van der Waals surface area contributed by atoms with Crippen molar-refractivity contribution in [1.82, 2.24) is 0 Å². The van der Waals surface area contributed by atoms with Crippen molar-refractivity contribution in [1.29, 1.82) is 0 Å². The number of rotatable bonds is 2. The molecule has 0 saturated heterocycles. The van der Waals surface area contributed by atoms with E-state index in [4.69, 9.17) is 33.2 Å². The van der Waals surface area contributed by atoms with E-state index in [1.807, 2.05) is 24.3 Å². The van der Waals surface area contributed by atoms with Crippen LogP contribution in [0.5, 0.6) is 0 Å². The number of hydrogen-bond donors (Lipinski definition) is 0. The Hall–Kier alpha value is -1.29. The molecule has 0 aliphatic rings. The fourth-order valence-corrected chi connectivity index (χ4v) is 5.42. The Bertz CT molecular complexity index is 960. The van der Waals surface area contributed by atoms with E-state index < -0.39 is 7.40 Å². The SMILES string of the molecule is CC[n+]1c(Cl)sc2ccccc21.CC[n+]1c(Cl)sc2ccccc21.[O-]B([O-])F. The molecular formula is C18H18BCl2FN2O2S2. The molecule has 2 aromatic carbocycles. The molecule has 0 aliphatic heterocycles. The van der Waals surface area contributed by atoms with Crippen molar-refractivity contribution in [2.45, 2.75) is 26.9 Å². The van der Waals surface area contributed by atoms with Gasteiger partial charge in [-0.15, -0.1) is 0 Å². The second kappa shape index (κ2) is 11.0. The van der Waals surface area contributed by atoms with Crippen LogP contribution in [-0.4, -0.2) is 7.40 Å². The fraction of sp³-hybridized carbons (Fsp3) is 0.222. The minimum Gasteiger partial charge on any atom is -0.867 e. The van der Waals surface area contributed by atoms with Gasteiger partial charge in [0.15, 0.2) is 0 Å². The van der Waals surface area contributed by atoms with E-state index >= 15 is 0 Å². The molecule has 0 radical (unpaired) electrons. The summed E-state index contributed by atoms with van der Waals surface area (Å²) in [6.07, 6.45) is 0. The van der Waals surface area contributed by atoms with Crippen LogP contribution in [0.2, 0.25) is 8.93 Å². The molecular weight excluding hydrogens is 441 g/mol. The molecule has 0 atom stereocenters. The highest BCUT2D eigenvalue weighted by molar-refractivity contribution is 7.21. The highest BCUT2D eigenvalue weighted by atomic mass is 35.5. The van der Waals surface area contributed by atoms with Gasteiger partial charge >= 0.3 is 8.93 Å². The minimum absolute atomic E-state index is 0.860. The van der Waals surface area contributed by atoms with Gasteiger partial charge in [0.2, 0.25) is 11.0 Å². The van der Waals surface area contributed by atoms with Gasteiger partial charge in [0.25, 0.3) is 0 Å². The molecule has 4 nitrogen and oxygen atoms in total. The van der Waals surface area contributed by atoms with E-state index in [9.17, 15) is 4.32 Å². The lowest BCUT2D eigenvalue weighted by Crippen LogP contribution is -2.39. The fourth-order valence-electron chi connectivity index (χ4n) is 2.60. The van der Waals surface area contributed by atoms with Gasteiger partial charge in [-0.3, -0.25) is 0 Å². The Morgan fingerprint density at radius 2 is 1.14 bits per heavy atom. The summed E-state index contributed by atoms with van der Waals surface area (Å²) in [6.45, 7) is 6.07. The molecule has 28 heavy (non-hydrogen) atoms. The van der Waals surface area contributed by atoms with Gasteiger partial charge in [-0.25, -0.2) is 0 Å². The quantitative estimate of drug-likeness (QED) is 0.341. The number of nitrogens with zero attached hydrogens (tertiary/aromatic N) is 2. The number of benzene rings is 2. The van der Waals surface area contributed by atoms with Crippen LogP contribution in [0, 0.1) is 0 Å². The number of para-hydroxylation sites is 2. The van der Waals surface area contributed by atoms with E-state index in [-0.39, 0.29) is 0 Å². The Morgan fingerprint density at radius 1 is 0.821 bits per heavy atom. The first kappa shape index (κ1) is 23.0. The summed E-state index contributed by atoms with van der Waals surface area (Å²) in [5, 5.41) is 16.6. The lowest BCUT2D eigenvalue weighted by atomic mass is 10.3. The van der Waals surface area contributed by atoms with Gasteiger partial charge in [-0.1, -0.05) is 24.3 Å². The zero-order chi connectivity index (χ0) is 20.7. The van der Waals surface area contributed by atoms with Crippen LogP contribution in [0.15, 0.2) is 48.5 Å². The lowest BCUT2D eigenvalue weighted by Gasteiger charge is -2.09. The number of thiazole rings is 2. The van der Waals surface area contributed by atoms with Crippen molar-refractivity contribution >= 4 is 73.7 Å². The zero-order valence-corrected chi connectivity index (χ0v) is 18.4. The first-order chi connectivity index (χ1) is 13.4. The molecule has 0 spiro atoms. The minimum atomic E-state index is -3.17. The van der Waals surface area contributed by atoms with E-state index in [2.05, 4.69) is 47.2 Å². The first-order valence-corrected chi connectivity index (χ1v) is 10.9. The third-order valence-corrected chi connectivity index (χ3v) is 6.54. The monoisotopic (exact) mass is 458 g/mol. The van der Waals surface area contributed by atoms with Crippen LogP contribution in [-0.2, 0) is 13.1 Å². The number of halogens is 3. The summed E-state index contributed by atoms with van der Waals surface area (Å²) in [7, 11) is -3.17. The predicted molar refractivity (Wildman–Crippen MR) is 112 cm³/mol. The molecule has 0 saturated carbocycles. The van der Waals surface area contributed by atoms with E-state index in [0.717, 1.165) is 22.0 Å². The summed E-state index contributed by atoms with van der Waals surface area (Å²) in [5.41, 5.74) is 2.46. The molecule has 4 rings (SSSR count). The summed E-state index contributed by atoms with van der Waals surface area (Å²) in [5.74, 6) is 0. The van der Waals surface area contributed by atoms with Gasteiger partial charge in [0.05, 0.1) is 0 Å². The third kappa shape index (κ3) is 5.86. The maximum atomic E-state index is 9.89. The topological polar surface area (TPSA) is 53.9 Å². The largest absolute Gasteiger partial charge is 0.867 e. The lowest BCUT2D eigenvalue weighted by molar-refractivity contribution is -0.661. The van der Waals surface area contributed by atoms with Gasteiger partial charge in [-0.2, -0.15) is 9.13 Å². The van der Waals surface area contributed by atoms with Crippen molar-refractivity contribution in [3.63, 3.8) is 0 Å². The summed E-state index contributed by atoms with van der Waals surface area (Å²) >= 11 is 15.4. The smallest absolute Gasteiger partial charge is 0.334 e. The van der Waals surface area contributed by atoms with Crippen LogP contribution < -0.4 is 19.2 Å². The van der Waals surface area contributed by atoms with E-state index in [0.29, 0.717) is 0 Å². The predicted octanol–water partition coefficient (Wildman–Crippen LogP) is 3.39. The molecule has 4 aromatic rings. The van der Waals surface area contributed by atoms with Crippen molar-refractivity contribution in [3.05, 3.63) is 57.5 Å². The van der Waals surface area contributed by atoms with E-state index in [1.165, 1.54) is 20.4 Å². The van der Waals surface area contributed by atoms with Crippen molar-refractivity contribution < 1.29 is 23.5 Å². The molecule has 0 amide bonds. The van der Waals surface area contributed by atoms with Crippen molar-refractivity contribution in [2.24, 2.45) is 0 Å². The summed E-state index contributed by atoms with van der Waals surface area (Å²) in [4.78, 5) is 0. The van der Waals surface area contributed by atoms with E-state index in [1.54, 1.807) is 22.7 Å². The average Bonchev–Trinajstić information content (AvgIpc) is 3.16. The molecule has 148 valence electrons. The molecule has 0 fully saturated rings. The third-order valence-electron chi connectivity index (χ3n) is 3.76. The van der Waals surface area contributed by atoms with Crippen molar-refractivity contribution in [3.8, 4) is 0 Å². The van der Waals surface area contributed by atoms with Crippen LogP contribution in [0.4, 0.5) is 4.32 Å².